The zero-order chi connectivity index (χ0) is 27.4. The molecule has 2 amide bonds. The van der Waals surface area contributed by atoms with Crippen molar-refractivity contribution < 1.29 is 14.3 Å². The van der Waals surface area contributed by atoms with E-state index in [2.05, 4.69) is 31.4 Å². The number of thioether (sulfide) groups is 1. The van der Waals surface area contributed by atoms with Crippen molar-refractivity contribution in [2.24, 2.45) is 12.1 Å². The number of benzene rings is 2. The van der Waals surface area contributed by atoms with Crippen molar-refractivity contribution in [1.82, 2.24) is 25.1 Å². The predicted octanol–water partition coefficient (Wildman–Crippen LogP) is 5.05. The number of carbonyl (C=O) groups is 2. The number of carbonyl (C=O) groups excluding carboxylic acids is 2. The number of amides is 2. The number of ether oxygens (including phenoxy) is 1. The summed E-state index contributed by atoms with van der Waals surface area (Å²) >= 11 is 6.14. The Bertz CT molecular complexity index is 1490. The van der Waals surface area contributed by atoms with Crippen LogP contribution in [0.25, 0.3) is 0 Å². The molecule has 2 aromatic heterocycles. The minimum atomic E-state index is -0.231. The Balaban J connectivity index is 1.28. The fourth-order valence-corrected chi connectivity index (χ4v) is 5.80. The summed E-state index contributed by atoms with van der Waals surface area (Å²) in [6.07, 6.45) is 0.600. The van der Waals surface area contributed by atoms with E-state index in [9.17, 15) is 9.59 Å². The molecule has 1 aliphatic heterocycles. The molecular weight excluding hydrogens is 600 g/mol. The molecule has 39 heavy (non-hydrogen) atoms. The Morgan fingerprint density at radius 2 is 1.90 bits per heavy atom. The first kappa shape index (κ1) is 27.1. The highest BCUT2D eigenvalue weighted by Gasteiger charge is 2.33. The van der Waals surface area contributed by atoms with Crippen LogP contribution in [0, 0.1) is 0 Å². The summed E-state index contributed by atoms with van der Waals surface area (Å²) in [6.45, 7) is 0.237. The first-order valence-electron chi connectivity index (χ1n) is 12.0. The Hall–Kier alpha value is -3.48. The maximum atomic E-state index is 13.5. The van der Waals surface area contributed by atoms with E-state index in [1.165, 1.54) is 23.1 Å². The van der Waals surface area contributed by atoms with Gasteiger partial charge in [-0.05, 0) is 46.8 Å². The molecule has 0 saturated heterocycles. The Labute approximate surface area is 242 Å². The van der Waals surface area contributed by atoms with Gasteiger partial charge >= 0.3 is 0 Å². The summed E-state index contributed by atoms with van der Waals surface area (Å²) in [6, 6.07) is 19.0. The number of hydrogen-bond donors (Lipinski definition) is 1. The van der Waals surface area contributed by atoms with Gasteiger partial charge in [-0.1, -0.05) is 58.0 Å². The van der Waals surface area contributed by atoms with Crippen molar-refractivity contribution >= 4 is 56.6 Å². The van der Waals surface area contributed by atoms with E-state index in [0.717, 1.165) is 27.1 Å². The zero-order valence-corrected chi connectivity index (χ0v) is 24.4. The standard InChI is InChI=1S/C27H25BrN6O3S2/c1-33-24(15-29-26(36)23-4-3-13-38-23)30-31-27(33)39-16-25(35)34-22(18-7-11-20(37-2)12-8-18)14-21(32-34)17-5-9-19(28)10-6-17/h3-13,22H,14-16H2,1-2H3,(H,29,36). The highest BCUT2D eigenvalue weighted by atomic mass is 79.9. The minimum Gasteiger partial charge on any atom is -0.497 e. The normalized spacial score (nSPS) is 14.8. The van der Waals surface area contributed by atoms with Crippen LogP contribution in [0.4, 0.5) is 0 Å². The highest BCUT2D eigenvalue weighted by Crippen LogP contribution is 2.34. The van der Waals surface area contributed by atoms with Gasteiger partial charge in [-0.25, -0.2) is 5.01 Å². The van der Waals surface area contributed by atoms with Gasteiger partial charge in [-0.2, -0.15) is 5.10 Å². The molecule has 0 spiro atoms. The zero-order valence-electron chi connectivity index (χ0n) is 21.2. The van der Waals surface area contributed by atoms with E-state index in [1.807, 2.05) is 67.0 Å². The third-order valence-electron chi connectivity index (χ3n) is 6.25. The molecule has 2 aromatic carbocycles. The van der Waals surface area contributed by atoms with E-state index in [-0.39, 0.29) is 30.2 Å². The van der Waals surface area contributed by atoms with E-state index < -0.39 is 0 Å². The summed E-state index contributed by atoms with van der Waals surface area (Å²) in [4.78, 5) is 26.4. The van der Waals surface area contributed by atoms with Gasteiger partial charge in [0.1, 0.15) is 5.75 Å². The maximum absolute atomic E-state index is 13.5. The fraction of sp³-hybridized carbons (Fsp3) is 0.222. The molecule has 1 atom stereocenters. The lowest BCUT2D eigenvalue weighted by molar-refractivity contribution is -0.130. The van der Waals surface area contributed by atoms with Crippen LogP contribution in [0.2, 0.25) is 0 Å². The molecule has 12 heteroatoms. The van der Waals surface area contributed by atoms with Gasteiger partial charge < -0.3 is 14.6 Å². The minimum absolute atomic E-state index is 0.136. The van der Waals surface area contributed by atoms with Gasteiger partial charge in [0.15, 0.2) is 11.0 Å². The molecule has 1 unspecified atom stereocenters. The topological polar surface area (TPSA) is 102 Å². The SMILES string of the molecule is COc1ccc(C2CC(c3ccc(Br)cc3)=NN2C(=O)CSc2nnc(CNC(=O)c3cccs3)n2C)cc1. The van der Waals surface area contributed by atoms with Crippen molar-refractivity contribution in [2.75, 3.05) is 12.9 Å². The number of hydrogen-bond acceptors (Lipinski definition) is 8. The quantitative estimate of drug-likeness (QED) is 0.262. The molecule has 0 bridgehead atoms. The number of nitrogens with zero attached hydrogens (tertiary/aromatic N) is 5. The second-order valence-electron chi connectivity index (χ2n) is 8.69. The number of aromatic nitrogens is 3. The van der Waals surface area contributed by atoms with Crippen LogP contribution < -0.4 is 10.1 Å². The monoisotopic (exact) mass is 624 g/mol. The molecule has 200 valence electrons. The van der Waals surface area contributed by atoms with Crippen molar-refractivity contribution in [2.45, 2.75) is 24.2 Å². The number of halogens is 1. The van der Waals surface area contributed by atoms with Gasteiger partial charge in [0.25, 0.3) is 11.8 Å². The van der Waals surface area contributed by atoms with Crippen LogP contribution in [-0.2, 0) is 18.4 Å². The van der Waals surface area contributed by atoms with Crippen LogP contribution in [-0.4, -0.2) is 50.2 Å². The van der Waals surface area contributed by atoms with Crippen LogP contribution in [0.1, 0.15) is 39.1 Å². The van der Waals surface area contributed by atoms with Gasteiger partial charge in [0.2, 0.25) is 0 Å². The van der Waals surface area contributed by atoms with E-state index in [0.29, 0.717) is 22.3 Å². The Morgan fingerprint density at radius 3 is 2.59 bits per heavy atom. The van der Waals surface area contributed by atoms with Gasteiger partial charge in [-0.15, -0.1) is 21.5 Å². The maximum Gasteiger partial charge on any atom is 0.261 e. The van der Waals surface area contributed by atoms with Gasteiger partial charge in [0.05, 0.1) is 36.0 Å². The number of hydrazone groups is 1. The second kappa shape index (κ2) is 12.1. The Morgan fingerprint density at radius 1 is 1.13 bits per heavy atom. The smallest absolute Gasteiger partial charge is 0.261 e. The third kappa shape index (κ3) is 6.23. The second-order valence-corrected chi connectivity index (χ2v) is 11.5. The van der Waals surface area contributed by atoms with Crippen molar-refractivity contribution in [3.05, 3.63) is 92.3 Å². The number of thiophene rings is 1. The lowest BCUT2D eigenvalue weighted by Crippen LogP contribution is -2.28. The van der Waals surface area contributed by atoms with Crippen molar-refractivity contribution in [1.29, 1.82) is 0 Å². The first-order chi connectivity index (χ1) is 18.9. The lowest BCUT2D eigenvalue weighted by atomic mass is 9.98. The Kier molecular flexibility index (Phi) is 8.44. The summed E-state index contributed by atoms with van der Waals surface area (Å²) in [5.74, 6) is 1.20. The molecule has 5 rings (SSSR count). The third-order valence-corrected chi connectivity index (χ3v) is 8.65. The van der Waals surface area contributed by atoms with Crippen LogP contribution in [0.5, 0.6) is 5.75 Å². The molecule has 4 aromatic rings. The summed E-state index contributed by atoms with van der Waals surface area (Å²) in [5.41, 5.74) is 2.80. The average Bonchev–Trinajstić information content (AvgIpc) is 3.72. The first-order valence-corrected chi connectivity index (χ1v) is 14.7. The summed E-state index contributed by atoms with van der Waals surface area (Å²) in [7, 11) is 3.45. The van der Waals surface area contributed by atoms with Crippen molar-refractivity contribution in [3.63, 3.8) is 0 Å². The summed E-state index contributed by atoms with van der Waals surface area (Å²) in [5, 5.41) is 20.0. The van der Waals surface area contributed by atoms with Crippen LogP contribution >= 0.6 is 39.0 Å². The molecule has 0 radical (unpaired) electrons. The number of nitrogens with one attached hydrogen (secondary N) is 1. The molecule has 1 N–H and O–H groups in total. The molecular formula is C27H25BrN6O3S2. The average molecular weight is 626 g/mol. The van der Waals surface area contributed by atoms with Crippen molar-refractivity contribution in [3.8, 4) is 5.75 Å². The number of rotatable bonds is 9. The molecule has 9 nitrogen and oxygen atoms in total. The number of methoxy groups -OCH3 is 1. The molecule has 0 fully saturated rings. The molecule has 0 saturated carbocycles. The van der Waals surface area contributed by atoms with Crippen LogP contribution in [0.3, 0.4) is 0 Å². The fourth-order valence-electron chi connectivity index (χ4n) is 4.11. The van der Waals surface area contributed by atoms with E-state index >= 15 is 0 Å². The predicted molar refractivity (Wildman–Crippen MR) is 155 cm³/mol. The lowest BCUT2D eigenvalue weighted by Gasteiger charge is -2.22. The van der Waals surface area contributed by atoms with Crippen LogP contribution in [0.15, 0.2) is 80.8 Å². The summed E-state index contributed by atoms with van der Waals surface area (Å²) < 4.78 is 8.07. The molecule has 1 aliphatic rings. The van der Waals surface area contributed by atoms with Gasteiger partial charge in [0, 0.05) is 17.9 Å². The van der Waals surface area contributed by atoms with E-state index in [1.54, 1.807) is 22.8 Å². The molecule has 3 heterocycles. The van der Waals surface area contributed by atoms with E-state index in [4.69, 9.17) is 9.84 Å². The van der Waals surface area contributed by atoms with Gasteiger partial charge in [-0.3, -0.25) is 9.59 Å². The largest absolute Gasteiger partial charge is 0.497 e. The highest BCUT2D eigenvalue weighted by molar-refractivity contribution is 9.10. The molecule has 0 aliphatic carbocycles.